The number of thioether (sulfide) groups is 1. The van der Waals surface area contributed by atoms with Crippen LogP contribution < -0.4 is 5.73 Å². The molecule has 0 radical (unpaired) electrons. The Kier molecular flexibility index (Phi) is 6.67. The maximum atomic E-state index is 13.0. The first-order chi connectivity index (χ1) is 8.54. The molecule has 0 aliphatic heterocycles. The van der Waals surface area contributed by atoms with E-state index >= 15 is 0 Å². The summed E-state index contributed by atoms with van der Waals surface area (Å²) in [7, 11) is 1.32. The number of carbonyl (C=O) groups is 1. The number of ether oxygens (including phenoxy) is 1. The van der Waals surface area contributed by atoms with Crippen molar-refractivity contribution < 1.29 is 13.9 Å². The van der Waals surface area contributed by atoms with Crippen molar-refractivity contribution in [3.63, 3.8) is 0 Å². The molecule has 3 nitrogen and oxygen atoms in total. The number of methoxy groups -OCH3 is 1. The molecule has 0 fully saturated rings. The van der Waals surface area contributed by atoms with Crippen LogP contribution in [-0.4, -0.2) is 24.9 Å². The van der Waals surface area contributed by atoms with Crippen LogP contribution in [0.1, 0.15) is 12.0 Å². The third-order valence-electron chi connectivity index (χ3n) is 2.33. The van der Waals surface area contributed by atoms with Gasteiger partial charge >= 0.3 is 5.97 Å². The molecule has 0 bridgehead atoms. The monoisotopic (exact) mass is 335 g/mol. The number of rotatable bonds is 6. The Balaban J connectivity index is 2.29. The fourth-order valence-corrected chi connectivity index (χ4v) is 2.71. The molecule has 0 spiro atoms. The van der Waals surface area contributed by atoms with Gasteiger partial charge in [-0.3, -0.25) is 4.79 Å². The van der Waals surface area contributed by atoms with Gasteiger partial charge in [0.05, 0.1) is 11.6 Å². The molecule has 2 N–H and O–H groups in total. The summed E-state index contributed by atoms with van der Waals surface area (Å²) in [6.45, 7) is 0. The topological polar surface area (TPSA) is 52.3 Å². The van der Waals surface area contributed by atoms with E-state index in [0.717, 1.165) is 17.1 Å². The van der Waals surface area contributed by atoms with Crippen LogP contribution in [0.5, 0.6) is 0 Å². The Labute approximate surface area is 118 Å². The summed E-state index contributed by atoms with van der Waals surface area (Å²) in [6.07, 6.45) is 0.569. The Morgan fingerprint density at radius 2 is 2.33 bits per heavy atom. The number of nitrogens with two attached hydrogens (primary N) is 1. The Hall–Kier alpha value is -0.590. The van der Waals surface area contributed by atoms with Crippen molar-refractivity contribution in [1.29, 1.82) is 0 Å². The van der Waals surface area contributed by atoms with Crippen LogP contribution >= 0.6 is 27.7 Å². The maximum Gasteiger partial charge on any atom is 0.322 e. The molecule has 0 amide bonds. The summed E-state index contributed by atoms with van der Waals surface area (Å²) in [4.78, 5) is 11.1. The van der Waals surface area contributed by atoms with Gasteiger partial charge in [0, 0.05) is 5.75 Å². The molecule has 0 aliphatic rings. The quantitative estimate of drug-likeness (QED) is 0.641. The molecular formula is C12H15BrFNO2S. The third kappa shape index (κ3) is 4.96. The Morgan fingerprint density at radius 3 is 2.94 bits per heavy atom. The van der Waals surface area contributed by atoms with Gasteiger partial charge in [-0.1, -0.05) is 6.07 Å². The van der Waals surface area contributed by atoms with E-state index < -0.39 is 6.04 Å². The number of halogens is 2. The molecule has 18 heavy (non-hydrogen) atoms. The van der Waals surface area contributed by atoms with E-state index in [1.807, 2.05) is 0 Å². The zero-order chi connectivity index (χ0) is 13.5. The largest absolute Gasteiger partial charge is 0.468 e. The minimum atomic E-state index is -0.567. The fourth-order valence-electron chi connectivity index (χ4n) is 1.30. The number of hydrogen-bond donors (Lipinski definition) is 1. The summed E-state index contributed by atoms with van der Waals surface area (Å²) in [5, 5.41) is 0. The lowest BCUT2D eigenvalue weighted by molar-refractivity contribution is -0.142. The van der Waals surface area contributed by atoms with Gasteiger partial charge in [0.15, 0.2) is 0 Å². The van der Waals surface area contributed by atoms with Crippen LogP contribution in [0, 0.1) is 5.82 Å². The maximum absolute atomic E-state index is 13.0. The molecule has 0 saturated heterocycles. The second kappa shape index (κ2) is 7.76. The summed E-state index contributed by atoms with van der Waals surface area (Å²) in [6, 6.07) is 4.36. The molecule has 0 heterocycles. The SMILES string of the molecule is COC(=O)C(N)CCSCc1ccc(F)c(Br)c1. The van der Waals surface area contributed by atoms with E-state index in [2.05, 4.69) is 20.7 Å². The van der Waals surface area contributed by atoms with Crippen LogP contribution in [0.3, 0.4) is 0 Å². The minimum absolute atomic E-state index is 0.267. The predicted molar refractivity (Wildman–Crippen MR) is 74.9 cm³/mol. The van der Waals surface area contributed by atoms with Crippen LogP contribution in [0.25, 0.3) is 0 Å². The molecule has 0 saturated carbocycles. The highest BCUT2D eigenvalue weighted by atomic mass is 79.9. The average molecular weight is 336 g/mol. The first-order valence-electron chi connectivity index (χ1n) is 5.39. The first-order valence-corrected chi connectivity index (χ1v) is 7.34. The Morgan fingerprint density at radius 1 is 1.61 bits per heavy atom. The van der Waals surface area contributed by atoms with E-state index in [-0.39, 0.29) is 11.8 Å². The molecule has 0 aromatic heterocycles. The lowest BCUT2D eigenvalue weighted by atomic mass is 10.2. The summed E-state index contributed by atoms with van der Waals surface area (Å²) in [5.74, 6) is 0.856. The van der Waals surface area contributed by atoms with Crippen molar-refractivity contribution >= 4 is 33.7 Å². The zero-order valence-electron chi connectivity index (χ0n) is 9.99. The Bertz CT molecular complexity index is 417. The van der Waals surface area contributed by atoms with Crippen LogP contribution in [0.2, 0.25) is 0 Å². The van der Waals surface area contributed by atoms with Gasteiger partial charge in [-0.25, -0.2) is 4.39 Å². The first kappa shape index (κ1) is 15.5. The highest BCUT2D eigenvalue weighted by Crippen LogP contribution is 2.20. The van der Waals surface area contributed by atoms with Crippen LogP contribution in [0.15, 0.2) is 22.7 Å². The van der Waals surface area contributed by atoms with Crippen LogP contribution in [0.4, 0.5) is 4.39 Å². The fraction of sp³-hybridized carbons (Fsp3) is 0.417. The van der Waals surface area contributed by atoms with Gasteiger partial charge < -0.3 is 10.5 Å². The van der Waals surface area contributed by atoms with E-state index in [4.69, 9.17) is 5.73 Å². The minimum Gasteiger partial charge on any atom is -0.468 e. The summed E-state index contributed by atoms with van der Waals surface area (Å²) in [5.41, 5.74) is 6.63. The highest BCUT2D eigenvalue weighted by molar-refractivity contribution is 9.10. The van der Waals surface area contributed by atoms with Gasteiger partial charge in [-0.05, 0) is 45.8 Å². The van der Waals surface area contributed by atoms with Gasteiger partial charge in [-0.15, -0.1) is 0 Å². The summed E-state index contributed by atoms with van der Waals surface area (Å²) < 4.78 is 18.0. The number of benzene rings is 1. The van der Waals surface area contributed by atoms with Crippen molar-refractivity contribution in [2.75, 3.05) is 12.9 Å². The van der Waals surface area contributed by atoms with Crippen molar-refractivity contribution in [3.05, 3.63) is 34.1 Å². The van der Waals surface area contributed by atoms with Gasteiger partial charge in [0.1, 0.15) is 11.9 Å². The zero-order valence-corrected chi connectivity index (χ0v) is 12.4. The molecule has 1 atom stereocenters. The van der Waals surface area contributed by atoms with Crippen molar-refractivity contribution in [3.8, 4) is 0 Å². The smallest absolute Gasteiger partial charge is 0.322 e. The third-order valence-corrected chi connectivity index (χ3v) is 4.00. The van der Waals surface area contributed by atoms with E-state index in [1.165, 1.54) is 13.2 Å². The van der Waals surface area contributed by atoms with Crippen molar-refractivity contribution in [2.45, 2.75) is 18.2 Å². The molecule has 1 unspecified atom stereocenters. The molecule has 1 rings (SSSR count). The number of hydrogen-bond acceptors (Lipinski definition) is 4. The van der Waals surface area contributed by atoms with Gasteiger partial charge in [-0.2, -0.15) is 11.8 Å². The molecule has 1 aromatic carbocycles. The van der Waals surface area contributed by atoms with Crippen LogP contribution in [-0.2, 0) is 15.3 Å². The molecule has 0 aliphatic carbocycles. The van der Waals surface area contributed by atoms with Crippen molar-refractivity contribution in [1.82, 2.24) is 0 Å². The lowest BCUT2D eigenvalue weighted by Crippen LogP contribution is -2.31. The molecule has 1 aromatic rings. The van der Waals surface area contributed by atoms with Crippen molar-refractivity contribution in [2.24, 2.45) is 5.73 Å². The highest BCUT2D eigenvalue weighted by Gasteiger charge is 2.12. The normalized spacial score (nSPS) is 12.2. The molecule has 100 valence electrons. The van der Waals surface area contributed by atoms with Gasteiger partial charge in [0.25, 0.3) is 0 Å². The van der Waals surface area contributed by atoms with E-state index in [1.54, 1.807) is 23.9 Å². The molecular weight excluding hydrogens is 321 g/mol. The number of carbonyl (C=O) groups excluding carboxylic acids is 1. The second-order valence-electron chi connectivity index (χ2n) is 3.72. The second-order valence-corrected chi connectivity index (χ2v) is 5.68. The number of esters is 1. The lowest BCUT2D eigenvalue weighted by Gasteiger charge is -2.08. The standard InChI is InChI=1S/C12H15BrFNO2S/c1-17-12(16)11(15)4-5-18-7-8-2-3-10(14)9(13)6-8/h2-3,6,11H,4-5,7,15H2,1H3. The summed E-state index contributed by atoms with van der Waals surface area (Å²) >= 11 is 4.79. The van der Waals surface area contributed by atoms with Gasteiger partial charge in [0.2, 0.25) is 0 Å². The molecule has 6 heteroatoms. The van der Waals surface area contributed by atoms with E-state index in [0.29, 0.717) is 10.9 Å². The average Bonchev–Trinajstić information content (AvgIpc) is 2.37. The van der Waals surface area contributed by atoms with E-state index in [9.17, 15) is 9.18 Å². The predicted octanol–water partition coefficient (Wildman–Crippen LogP) is 2.71.